The van der Waals surface area contributed by atoms with Gasteiger partial charge in [-0.25, -0.2) is 4.79 Å². The molecule has 0 amide bonds. The van der Waals surface area contributed by atoms with Crippen molar-refractivity contribution in [2.24, 2.45) is 11.8 Å². The van der Waals surface area contributed by atoms with Gasteiger partial charge in [-0.2, -0.15) is 0 Å². The minimum Gasteiger partial charge on any atom is -0.475 e. The summed E-state index contributed by atoms with van der Waals surface area (Å²) in [5.74, 6) is 0.147. The van der Waals surface area contributed by atoms with Crippen LogP contribution in [0.2, 0.25) is 0 Å². The van der Waals surface area contributed by atoms with Crippen molar-refractivity contribution in [1.82, 2.24) is 4.90 Å². The van der Waals surface area contributed by atoms with Gasteiger partial charge in [0, 0.05) is 42.4 Å². The summed E-state index contributed by atoms with van der Waals surface area (Å²) in [4.78, 5) is 13.9. The van der Waals surface area contributed by atoms with Crippen molar-refractivity contribution in [2.75, 3.05) is 13.1 Å². The predicted molar refractivity (Wildman–Crippen MR) is 83.2 cm³/mol. The molecule has 2 bridgehead atoms. The number of fused-ring (bicyclic) bond motifs is 6. The number of likely N-dealkylation sites (tertiary alicyclic amines) is 1. The molecule has 0 saturated carbocycles. The molecule has 0 aliphatic carbocycles. The summed E-state index contributed by atoms with van der Waals surface area (Å²) in [6, 6.07) is 7.54. The fourth-order valence-electron chi connectivity index (χ4n) is 4.40. The fraction of sp³-hybridized carbons (Fsp3) is 0.389. The Morgan fingerprint density at radius 3 is 2.57 bits per heavy atom. The van der Waals surface area contributed by atoms with Crippen LogP contribution in [0, 0.1) is 11.8 Å². The van der Waals surface area contributed by atoms with E-state index in [-0.39, 0.29) is 18.0 Å². The molecular weight excluding hydrogens is 294 g/mol. The van der Waals surface area contributed by atoms with Crippen LogP contribution >= 0.6 is 0 Å². The molecule has 3 aliphatic heterocycles. The van der Waals surface area contributed by atoms with E-state index in [4.69, 9.17) is 9.15 Å². The molecule has 5 rings (SSSR count). The van der Waals surface area contributed by atoms with Crippen LogP contribution < -0.4 is 0 Å². The van der Waals surface area contributed by atoms with Crippen molar-refractivity contribution >= 4 is 16.9 Å². The van der Waals surface area contributed by atoms with Crippen LogP contribution in [-0.2, 0) is 11.3 Å². The number of ether oxygens (including phenoxy) is 1. The van der Waals surface area contributed by atoms with E-state index in [0.717, 1.165) is 24.0 Å². The Morgan fingerprint density at radius 2 is 1.87 bits per heavy atom. The number of hydrogen-bond acceptors (Lipinski definition) is 4. The first-order chi connectivity index (χ1) is 11.2. The highest BCUT2D eigenvalue weighted by Gasteiger charge is 2.50. The minimum absolute atomic E-state index is 0.0700. The molecule has 3 aliphatic rings. The Labute approximate surface area is 133 Å². The van der Waals surface area contributed by atoms with Gasteiger partial charge in [-0.15, -0.1) is 0 Å². The van der Waals surface area contributed by atoms with E-state index in [1.54, 1.807) is 0 Å². The lowest BCUT2D eigenvalue weighted by atomic mass is 9.86. The molecule has 0 spiro atoms. The van der Waals surface area contributed by atoms with Crippen molar-refractivity contribution in [3.8, 4) is 0 Å². The minimum atomic E-state index is -0.999. The lowest BCUT2D eigenvalue weighted by Crippen LogP contribution is -2.25. The molecule has 118 valence electrons. The van der Waals surface area contributed by atoms with Crippen LogP contribution in [0.4, 0.5) is 0 Å². The molecule has 1 N–H and O–H groups in total. The number of para-hydroxylation sites is 1. The van der Waals surface area contributed by atoms with E-state index >= 15 is 0 Å². The molecule has 0 radical (unpaired) electrons. The molecule has 1 aromatic heterocycles. The predicted octanol–water partition coefficient (Wildman–Crippen LogP) is 2.52. The maximum absolute atomic E-state index is 11.5. The zero-order chi connectivity index (χ0) is 15.6. The Balaban J connectivity index is 1.46. The fourth-order valence-corrected chi connectivity index (χ4v) is 4.40. The number of aromatic carboxylic acids is 1. The maximum Gasteiger partial charge on any atom is 0.372 e. The lowest BCUT2D eigenvalue weighted by molar-refractivity contribution is 0.0659. The second-order valence-corrected chi connectivity index (χ2v) is 6.68. The van der Waals surface area contributed by atoms with Gasteiger partial charge in [0.1, 0.15) is 5.58 Å². The largest absolute Gasteiger partial charge is 0.475 e. The van der Waals surface area contributed by atoms with Gasteiger partial charge in [0.2, 0.25) is 5.76 Å². The van der Waals surface area contributed by atoms with Gasteiger partial charge in [0.15, 0.2) is 0 Å². The van der Waals surface area contributed by atoms with Gasteiger partial charge in [-0.3, -0.25) is 4.90 Å². The lowest BCUT2D eigenvalue weighted by Gasteiger charge is -2.18. The number of carboxylic acid groups (broad SMARTS) is 1. The first-order valence-electron chi connectivity index (χ1n) is 8.00. The van der Waals surface area contributed by atoms with Crippen molar-refractivity contribution in [2.45, 2.75) is 18.8 Å². The number of furan rings is 1. The summed E-state index contributed by atoms with van der Waals surface area (Å²) in [6.07, 6.45) is 4.83. The van der Waals surface area contributed by atoms with E-state index in [1.807, 2.05) is 24.3 Å². The van der Waals surface area contributed by atoms with Gasteiger partial charge in [0.25, 0.3) is 0 Å². The maximum atomic E-state index is 11.5. The van der Waals surface area contributed by atoms with Crippen LogP contribution in [0.5, 0.6) is 0 Å². The van der Waals surface area contributed by atoms with Crippen molar-refractivity contribution in [3.63, 3.8) is 0 Å². The Bertz CT molecular complexity index is 804. The number of hydrogen-bond donors (Lipinski definition) is 1. The molecule has 4 heterocycles. The van der Waals surface area contributed by atoms with Crippen molar-refractivity contribution in [1.29, 1.82) is 0 Å². The Hall–Kier alpha value is -2.11. The quantitative estimate of drug-likeness (QED) is 0.883. The van der Waals surface area contributed by atoms with Gasteiger partial charge in [-0.05, 0) is 6.07 Å². The molecule has 2 aromatic rings. The first-order valence-corrected chi connectivity index (χ1v) is 8.00. The molecule has 5 nitrogen and oxygen atoms in total. The van der Waals surface area contributed by atoms with E-state index in [2.05, 4.69) is 17.1 Å². The monoisotopic (exact) mass is 311 g/mol. The molecular formula is C18H17NO4. The summed E-state index contributed by atoms with van der Waals surface area (Å²) < 4.78 is 11.5. The smallest absolute Gasteiger partial charge is 0.372 e. The average Bonchev–Trinajstić information content (AvgIpc) is 3.27. The number of rotatable bonds is 3. The normalized spacial score (nSPS) is 32.0. The Kier molecular flexibility index (Phi) is 2.72. The summed E-state index contributed by atoms with van der Waals surface area (Å²) >= 11 is 0. The standard InChI is InChI=1S/C18H17NO4/c20-18(21)17-13(10-3-1-2-4-14(10)23-17)9-19-7-11-12(8-19)16-6-5-15(11)22-16/h1-6,11-12,15-16H,7-9H2,(H,20,21). The summed E-state index contributed by atoms with van der Waals surface area (Å²) in [6.45, 7) is 2.52. The number of carboxylic acids is 1. The van der Waals surface area contributed by atoms with Gasteiger partial charge in [0.05, 0.1) is 12.2 Å². The van der Waals surface area contributed by atoms with Crippen LogP contribution in [0.3, 0.4) is 0 Å². The molecule has 4 unspecified atom stereocenters. The van der Waals surface area contributed by atoms with Crippen LogP contribution in [-0.4, -0.2) is 41.3 Å². The highest BCUT2D eigenvalue weighted by atomic mass is 16.5. The summed E-state index contributed by atoms with van der Waals surface area (Å²) in [5, 5.41) is 10.4. The van der Waals surface area contributed by atoms with Gasteiger partial charge < -0.3 is 14.3 Å². The Morgan fingerprint density at radius 1 is 1.17 bits per heavy atom. The van der Waals surface area contributed by atoms with Crippen molar-refractivity contribution < 1.29 is 19.1 Å². The van der Waals surface area contributed by atoms with E-state index < -0.39 is 5.97 Å². The molecule has 5 heteroatoms. The molecule has 1 aromatic carbocycles. The number of carbonyl (C=O) groups is 1. The highest BCUT2D eigenvalue weighted by molar-refractivity contribution is 5.95. The third-order valence-corrected chi connectivity index (χ3v) is 5.41. The summed E-state index contributed by atoms with van der Waals surface area (Å²) in [5.41, 5.74) is 1.43. The number of benzene rings is 1. The molecule has 23 heavy (non-hydrogen) atoms. The molecule has 2 saturated heterocycles. The van der Waals surface area contributed by atoms with Gasteiger partial charge >= 0.3 is 5.97 Å². The van der Waals surface area contributed by atoms with E-state index in [1.165, 1.54) is 0 Å². The van der Waals surface area contributed by atoms with Gasteiger partial charge in [-0.1, -0.05) is 30.4 Å². The first kappa shape index (κ1) is 13.3. The average molecular weight is 311 g/mol. The number of nitrogens with zero attached hydrogens (tertiary/aromatic N) is 1. The van der Waals surface area contributed by atoms with E-state index in [0.29, 0.717) is 24.0 Å². The molecule has 2 fully saturated rings. The SMILES string of the molecule is O=C(O)c1oc2ccccc2c1CN1CC2C3C=CC(O3)C2C1. The third kappa shape index (κ3) is 1.90. The highest BCUT2D eigenvalue weighted by Crippen LogP contribution is 2.44. The van der Waals surface area contributed by atoms with Crippen LogP contribution in [0.1, 0.15) is 16.1 Å². The van der Waals surface area contributed by atoms with E-state index in [9.17, 15) is 9.90 Å². The molecule has 4 atom stereocenters. The van der Waals surface area contributed by atoms with Crippen LogP contribution in [0.15, 0.2) is 40.8 Å². The second-order valence-electron chi connectivity index (χ2n) is 6.68. The zero-order valence-electron chi connectivity index (χ0n) is 12.5. The summed E-state index contributed by atoms with van der Waals surface area (Å²) in [7, 11) is 0. The van der Waals surface area contributed by atoms with Crippen LogP contribution in [0.25, 0.3) is 11.0 Å². The zero-order valence-corrected chi connectivity index (χ0v) is 12.5. The second kappa shape index (κ2) is 4.69. The topological polar surface area (TPSA) is 62.9 Å². The van der Waals surface area contributed by atoms with Crippen molar-refractivity contribution in [3.05, 3.63) is 47.7 Å². The third-order valence-electron chi connectivity index (χ3n) is 5.41.